The molecule has 0 bridgehead atoms. The zero-order valence-electron chi connectivity index (χ0n) is 13.8. The molecule has 0 aliphatic carbocycles. The molecule has 134 valence electrons. The van der Waals surface area contributed by atoms with Crippen molar-refractivity contribution in [3.63, 3.8) is 0 Å². The van der Waals surface area contributed by atoms with E-state index in [-0.39, 0.29) is 17.4 Å². The first-order valence-electron chi connectivity index (χ1n) is 7.12. The van der Waals surface area contributed by atoms with Gasteiger partial charge in [0.25, 0.3) is 5.91 Å². The Hall–Kier alpha value is -2.03. The van der Waals surface area contributed by atoms with Gasteiger partial charge in [0.1, 0.15) is 6.04 Å². The Kier molecular flexibility index (Phi) is 6.42. The highest BCUT2D eigenvalue weighted by Crippen LogP contribution is 2.18. The minimum Gasteiger partial charge on any atom is -0.347 e. The molecule has 2 amide bonds. The Labute approximate surface area is 139 Å². The molecule has 0 fully saturated rings. The first-order valence-corrected chi connectivity index (χ1v) is 8.67. The monoisotopic (exact) mass is 362 g/mol. The largest absolute Gasteiger partial charge is 0.347 e. The van der Waals surface area contributed by atoms with Crippen molar-refractivity contribution in [2.24, 2.45) is 5.92 Å². The summed E-state index contributed by atoms with van der Waals surface area (Å²) in [6.07, 6.45) is 0. The van der Waals surface area contributed by atoms with Crippen molar-refractivity contribution in [3.05, 3.63) is 29.8 Å². The standard InChI is InChI=1S/C15H20F2N2O4S/c1-9(2)12(14(21)19(3)4)18-13(20)10-5-7-11(8-6-10)24(22,23)15(16)17/h5-9,12,15H,1-4H3,(H,18,20)/t12-/m0/s1. The number of nitrogens with one attached hydrogen (secondary N) is 1. The van der Waals surface area contributed by atoms with Gasteiger partial charge in [0.15, 0.2) is 0 Å². The molecule has 0 spiro atoms. The van der Waals surface area contributed by atoms with Crippen LogP contribution < -0.4 is 5.32 Å². The number of hydrogen-bond acceptors (Lipinski definition) is 4. The highest BCUT2D eigenvalue weighted by molar-refractivity contribution is 7.91. The van der Waals surface area contributed by atoms with E-state index in [2.05, 4.69) is 5.32 Å². The molecule has 1 N–H and O–H groups in total. The molecule has 0 unspecified atom stereocenters. The lowest BCUT2D eigenvalue weighted by Gasteiger charge is -2.24. The van der Waals surface area contributed by atoms with Crippen LogP contribution in [-0.2, 0) is 14.6 Å². The van der Waals surface area contributed by atoms with Crippen LogP contribution >= 0.6 is 0 Å². The molecule has 0 radical (unpaired) electrons. The van der Waals surface area contributed by atoms with Crippen LogP contribution in [0.3, 0.4) is 0 Å². The number of carbonyl (C=O) groups is 2. The number of benzene rings is 1. The Morgan fingerprint density at radius 1 is 1.08 bits per heavy atom. The van der Waals surface area contributed by atoms with Crippen LogP contribution in [0.4, 0.5) is 8.78 Å². The molecule has 9 heteroatoms. The predicted molar refractivity (Wildman–Crippen MR) is 84.4 cm³/mol. The molecule has 0 saturated heterocycles. The Bertz CT molecular complexity index is 701. The lowest BCUT2D eigenvalue weighted by Crippen LogP contribution is -2.49. The third-order valence-corrected chi connectivity index (χ3v) is 4.74. The topological polar surface area (TPSA) is 83.5 Å². The summed E-state index contributed by atoms with van der Waals surface area (Å²) < 4.78 is 47.6. The van der Waals surface area contributed by atoms with E-state index in [4.69, 9.17) is 0 Å². The van der Waals surface area contributed by atoms with Crippen molar-refractivity contribution in [1.82, 2.24) is 10.2 Å². The number of sulfone groups is 1. The molecule has 24 heavy (non-hydrogen) atoms. The minimum absolute atomic E-state index is 0.0698. The SMILES string of the molecule is CC(C)[C@H](NC(=O)c1ccc(S(=O)(=O)C(F)F)cc1)C(=O)N(C)C. The first kappa shape index (κ1) is 20.0. The zero-order chi connectivity index (χ0) is 18.7. The van der Waals surface area contributed by atoms with Gasteiger partial charge in [-0.1, -0.05) is 13.8 Å². The summed E-state index contributed by atoms with van der Waals surface area (Å²) in [6.45, 7) is 3.54. The third-order valence-electron chi connectivity index (χ3n) is 3.34. The van der Waals surface area contributed by atoms with E-state index < -0.39 is 32.4 Å². The number of alkyl halides is 2. The van der Waals surface area contributed by atoms with Gasteiger partial charge in [0.2, 0.25) is 15.7 Å². The Morgan fingerprint density at radius 2 is 1.58 bits per heavy atom. The van der Waals surface area contributed by atoms with Crippen LogP contribution in [0.15, 0.2) is 29.2 Å². The average molecular weight is 362 g/mol. The van der Waals surface area contributed by atoms with Gasteiger partial charge in [-0.2, -0.15) is 8.78 Å². The normalized spacial score (nSPS) is 13.0. The van der Waals surface area contributed by atoms with E-state index in [1.54, 1.807) is 27.9 Å². The lowest BCUT2D eigenvalue weighted by molar-refractivity contribution is -0.131. The van der Waals surface area contributed by atoms with E-state index in [0.29, 0.717) is 0 Å². The van der Waals surface area contributed by atoms with Gasteiger partial charge in [-0.15, -0.1) is 0 Å². The molecule has 6 nitrogen and oxygen atoms in total. The molecule has 1 aromatic rings. The maximum atomic E-state index is 12.5. The van der Waals surface area contributed by atoms with E-state index in [9.17, 15) is 26.8 Å². The molecule has 0 aliphatic heterocycles. The fourth-order valence-electron chi connectivity index (χ4n) is 1.92. The van der Waals surface area contributed by atoms with Crippen LogP contribution in [-0.4, -0.2) is 51.0 Å². The second-order valence-electron chi connectivity index (χ2n) is 5.76. The van der Waals surface area contributed by atoms with Crippen LogP contribution in [0.1, 0.15) is 24.2 Å². The highest BCUT2D eigenvalue weighted by Gasteiger charge is 2.28. The fraction of sp³-hybridized carbons (Fsp3) is 0.467. The summed E-state index contributed by atoms with van der Waals surface area (Å²) in [5.74, 6) is -4.57. The maximum absolute atomic E-state index is 12.5. The van der Waals surface area contributed by atoms with E-state index in [1.165, 1.54) is 4.90 Å². The maximum Gasteiger partial charge on any atom is 0.341 e. The summed E-state index contributed by atoms with van der Waals surface area (Å²) in [6, 6.07) is 3.38. The summed E-state index contributed by atoms with van der Waals surface area (Å²) in [4.78, 5) is 25.0. The average Bonchev–Trinajstić information content (AvgIpc) is 2.51. The quantitative estimate of drug-likeness (QED) is 0.832. The highest BCUT2D eigenvalue weighted by atomic mass is 32.2. The van der Waals surface area contributed by atoms with Gasteiger partial charge in [0, 0.05) is 19.7 Å². The molecule has 0 heterocycles. The summed E-state index contributed by atoms with van der Waals surface area (Å²) in [5, 5.41) is 2.57. The minimum atomic E-state index is -4.71. The fourth-order valence-corrected chi connectivity index (χ4v) is 2.64. The van der Waals surface area contributed by atoms with Crippen LogP contribution in [0.5, 0.6) is 0 Å². The number of rotatable bonds is 6. The van der Waals surface area contributed by atoms with Crippen molar-refractivity contribution in [3.8, 4) is 0 Å². The van der Waals surface area contributed by atoms with Crippen molar-refractivity contribution in [1.29, 1.82) is 0 Å². The Morgan fingerprint density at radius 3 is 1.96 bits per heavy atom. The molecule has 0 aromatic heterocycles. The second-order valence-corrected chi connectivity index (χ2v) is 7.68. The predicted octanol–water partition coefficient (Wildman–Crippen LogP) is 1.53. The lowest BCUT2D eigenvalue weighted by atomic mass is 10.0. The summed E-state index contributed by atoms with van der Waals surface area (Å²) >= 11 is 0. The number of halogens is 2. The van der Waals surface area contributed by atoms with Gasteiger partial charge < -0.3 is 10.2 Å². The van der Waals surface area contributed by atoms with Crippen LogP contribution in [0.2, 0.25) is 0 Å². The number of amides is 2. The zero-order valence-corrected chi connectivity index (χ0v) is 14.6. The number of hydrogen-bond donors (Lipinski definition) is 1. The van der Waals surface area contributed by atoms with Crippen molar-refractivity contribution in [2.75, 3.05) is 14.1 Å². The third kappa shape index (κ3) is 4.50. The summed E-state index contributed by atoms with van der Waals surface area (Å²) in [7, 11) is -1.58. The van der Waals surface area contributed by atoms with Gasteiger partial charge in [-0.05, 0) is 30.2 Å². The molecular formula is C15H20F2N2O4S. The number of carbonyl (C=O) groups excluding carboxylic acids is 2. The molecule has 0 aliphatic rings. The summed E-state index contributed by atoms with van der Waals surface area (Å²) in [5.41, 5.74) is 0.0698. The molecular weight excluding hydrogens is 342 g/mol. The molecule has 0 saturated carbocycles. The van der Waals surface area contributed by atoms with Crippen LogP contribution in [0.25, 0.3) is 0 Å². The van der Waals surface area contributed by atoms with Gasteiger partial charge >= 0.3 is 5.76 Å². The van der Waals surface area contributed by atoms with Gasteiger partial charge in [-0.25, -0.2) is 8.42 Å². The van der Waals surface area contributed by atoms with Crippen molar-refractivity contribution >= 4 is 21.7 Å². The van der Waals surface area contributed by atoms with Crippen molar-refractivity contribution < 1.29 is 26.8 Å². The smallest absolute Gasteiger partial charge is 0.341 e. The first-order chi connectivity index (χ1) is 11.0. The second kappa shape index (κ2) is 7.69. The number of likely N-dealkylation sites (N-methyl/N-ethyl adjacent to an activating group) is 1. The Balaban J connectivity index is 2.98. The van der Waals surface area contributed by atoms with E-state index in [1.807, 2.05) is 0 Å². The van der Waals surface area contributed by atoms with Gasteiger partial charge in [0.05, 0.1) is 4.90 Å². The molecule has 1 atom stereocenters. The van der Waals surface area contributed by atoms with Gasteiger partial charge in [-0.3, -0.25) is 9.59 Å². The van der Waals surface area contributed by atoms with Crippen LogP contribution in [0, 0.1) is 5.92 Å². The molecule has 1 rings (SSSR count). The van der Waals surface area contributed by atoms with Crippen molar-refractivity contribution in [2.45, 2.75) is 30.5 Å². The van der Waals surface area contributed by atoms with E-state index in [0.717, 1.165) is 24.3 Å². The van der Waals surface area contributed by atoms with E-state index >= 15 is 0 Å². The number of nitrogens with zero attached hydrogens (tertiary/aromatic N) is 1. The molecule has 1 aromatic carbocycles.